The van der Waals surface area contributed by atoms with Gasteiger partial charge in [0.2, 0.25) is 10.0 Å². The van der Waals surface area contributed by atoms with Gasteiger partial charge in [-0.2, -0.15) is 0 Å². The van der Waals surface area contributed by atoms with Crippen molar-refractivity contribution < 1.29 is 13.2 Å². The van der Waals surface area contributed by atoms with Gasteiger partial charge in [0.05, 0.1) is 35.1 Å². The molecule has 0 aliphatic carbocycles. The van der Waals surface area contributed by atoms with E-state index in [-0.39, 0.29) is 10.8 Å². The molecule has 0 unspecified atom stereocenters. The Morgan fingerprint density at radius 3 is 2.68 bits per heavy atom. The molecule has 0 aliphatic rings. The van der Waals surface area contributed by atoms with Crippen molar-refractivity contribution in [2.24, 2.45) is 0 Å². The van der Waals surface area contributed by atoms with E-state index in [9.17, 15) is 8.42 Å². The highest BCUT2D eigenvalue weighted by molar-refractivity contribution is 7.91. The lowest BCUT2D eigenvalue weighted by atomic mass is 10.2. The molecule has 130 valence electrons. The number of nitrogens with zero attached hydrogens (tertiary/aromatic N) is 2. The fourth-order valence-electron chi connectivity index (χ4n) is 2.10. The molecule has 1 N–H and O–H groups in total. The number of rotatable bonds is 6. The van der Waals surface area contributed by atoms with Crippen molar-refractivity contribution in [2.45, 2.75) is 10.8 Å². The molecule has 0 bridgehead atoms. The second kappa shape index (κ2) is 7.49. The molecule has 25 heavy (non-hydrogen) atoms. The molecule has 0 fully saturated rings. The smallest absolute Gasteiger partial charge is 0.250 e. The standard InChI is InChI=1S/C16H14ClN3O3S2/c1-23-12-8-11(20-14(9-12)13-4-2-3-7-18-13)10-19-25(21,22)16-6-5-15(17)24-16/h2-9,19H,10H2,1H3. The van der Waals surface area contributed by atoms with Crippen molar-refractivity contribution in [3.05, 3.63) is 58.7 Å². The Morgan fingerprint density at radius 1 is 1.20 bits per heavy atom. The number of sulfonamides is 1. The van der Waals surface area contributed by atoms with Gasteiger partial charge in [-0.15, -0.1) is 11.3 Å². The first-order valence-electron chi connectivity index (χ1n) is 7.19. The van der Waals surface area contributed by atoms with E-state index in [1.54, 1.807) is 31.5 Å². The van der Waals surface area contributed by atoms with E-state index in [4.69, 9.17) is 16.3 Å². The number of pyridine rings is 2. The summed E-state index contributed by atoms with van der Waals surface area (Å²) >= 11 is 6.80. The van der Waals surface area contributed by atoms with Crippen LogP contribution in [0.25, 0.3) is 11.4 Å². The van der Waals surface area contributed by atoms with Crippen LogP contribution in [-0.2, 0) is 16.6 Å². The molecule has 9 heteroatoms. The molecular formula is C16H14ClN3O3S2. The van der Waals surface area contributed by atoms with Crippen LogP contribution in [0.15, 0.2) is 52.9 Å². The molecule has 3 rings (SSSR count). The molecule has 0 spiro atoms. The topological polar surface area (TPSA) is 81.2 Å². The number of thiophene rings is 1. The largest absolute Gasteiger partial charge is 0.497 e. The van der Waals surface area contributed by atoms with Crippen molar-refractivity contribution in [1.29, 1.82) is 0 Å². The SMILES string of the molecule is COc1cc(CNS(=O)(=O)c2ccc(Cl)s2)nc(-c2ccccn2)c1. The number of aromatic nitrogens is 2. The normalized spacial score (nSPS) is 11.4. The van der Waals surface area contributed by atoms with Crippen molar-refractivity contribution in [1.82, 2.24) is 14.7 Å². The van der Waals surface area contributed by atoms with E-state index < -0.39 is 10.0 Å². The fraction of sp³-hybridized carbons (Fsp3) is 0.125. The lowest BCUT2D eigenvalue weighted by Crippen LogP contribution is -2.23. The number of hydrogen-bond donors (Lipinski definition) is 1. The molecule has 3 aromatic rings. The Balaban J connectivity index is 1.85. The predicted molar refractivity (Wildman–Crippen MR) is 97.4 cm³/mol. The minimum Gasteiger partial charge on any atom is -0.497 e. The van der Waals surface area contributed by atoms with Crippen LogP contribution >= 0.6 is 22.9 Å². The second-order valence-corrected chi connectivity index (χ2v) is 8.69. The highest BCUT2D eigenvalue weighted by Gasteiger charge is 2.17. The molecular weight excluding hydrogens is 382 g/mol. The van der Waals surface area contributed by atoms with E-state index >= 15 is 0 Å². The van der Waals surface area contributed by atoms with E-state index in [0.29, 0.717) is 27.2 Å². The van der Waals surface area contributed by atoms with Crippen LogP contribution in [-0.4, -0.2) is 25.5 Å². The van der Waals surface area contributed by atoms with Gasteiger partial charge in [-0.05, 0) is 24.3 Å². The summed E-state index contributed by atoms with van der Waals surface area (Å²) in [5.41, 5.74) is 1.80. The van der Waals surface area contributed by atoms with Crippen molar-refractivity contribution in [3.8, 4) is 17.1 Å². The van der Waals surface area contributed by atoms with Gasteiger partial charge in [0.1, 0.15) is 9.96 Å². The minimum atomic E-state index is -3.65. The Kier molecular flexibility index (Phi) is 5.33. The van der Waals surface area contributed by atoms with Crippen molar-refractivity contribution >= 4 is 33.0 Å². The summed E-state index contributed by atoms with van der Waals surface area (Å²) < 4.78 is 33.0. The first-order valence-corrected chi connectivity index (χ1v) is 9.87. The zero-order valence-electron chi connectivity index (χ0n) is 13.1. The number of halogens is 1. The second-order valence-electron chi connectivity index (χ2n) is 4.98. The maximum Gasteiger partial charge on any atom is 0.250 e. The highest BCUT2D eigenvalue weighted by Crippen LogP contribution is 2.26. The van der Waals surface area contributed by atoms with Crippen LogP contribution in [0.3, 0.4) is 0 Å². The third kappa shape index (κ3) is 4.35. The van der Waals surface area contributed by atoms with Gasteiger partial charge in [0.25, 0.3) is 0 Å². The summed E-state index contributed by atoms with van der Waals surface area (Å²) in [4.78, 5) is 8.72. The molecule has 0 saturated carbocycles. The van der Waals surface area contributed by atoms with Crippen LogP contribution in [0.2, 0.25) is 4.34 Å². The van der Waals surface area contributed by atoms with Gasteiger partial charge in [0.15, 0.2) is 0 Å². The summed E-state index contributed by atoms with van der Waals surface area (Å²) in [7, 11) is -2.11. The molecule has 0 amide bonds. The van der Waals surface area contributed by atoms with E-state index in [0.717, 1.165) is 11.3 Å². The van der Waals surface area contributed by atoms with Gasteiger partial charge in [-0.25, -0.2) is 18.1 Å². The molecule has 0 radical (unpaired) electrons. The summed E-state index contributed by atoms with van der Waals surface area (Å²) in [6.07, 6.45) is 1.67. The molecule has 3 aromatic heterocycles. The van der Waals surface area contributed by atoms with Gasteiger partial charge in [-0.3, -0.25) is 4.98 Å². The number of methoxy groups -OCH3 is 1. The maximum absolute atomic E-state index is 12.3. The Bertz CT molecular complexity index is 975. The third-order valence-corrected chi connectivity index (χ3v) is 6.40. The van der Waals surface area contributed by atoms with Crippen LogP contribution in [0, 0.1) is 0 Å². The van der Waals surface area contributed by atoms with Gasteiger partial charge in [0, 0.05) is 18.3 Å². The summed E-state index contributed by atoms with van der Waals surface area (Å²) in [5, 5.41) is 0. The monoisotopic (exact) mass is 395 g/mol. The van der Waals surface area contributed by atoms with Crippen LogP contribution in [0.4, 0.5) is 0 Å². The van der Waals surface area contributed by atoms with Crippen molar-refractivity contribution in [3.63, 3.8) is 0 Å². The van der Waals surface area contributed by atoms with Gasteiger partial charge < -0.3 is 4.74 Å². The molecule has 0 aliphatic heterocycles. The maximum atomic E-state index is 12.3. The quantitative estimate of drug-likeness (QED) is 0.692. The average molecular weight is 396 g/mol. The van der Waals surface area contributed by atoms with Crippen molar-refractivity contribution in [2.75, 3.05) is 7.11 Å². The number of hydrogen-bond acceptors (Lipinski definition) is 6. The Hall–Kier alpha value is -2.00. The molecule has 3 heterocycles. The molecule has 0 aromatic carbocycles. The summed E-state index contributed by atoms with van der Waals surface area (Å²) in [5.74, 6) is 0.573. The summed E-state index contributed by atoms with van der Waals surface area (Å²) in [6.45, 7) is 0.0227. The van der Waals surface area contributed by atoms with E-state index in [1.165, 1.54) is 6.07 Å². The minimum absolute atomic E-state index is 0.0227. The number of nitrogens with one attached hydrogen (secondary N) is 1. The summed E-state index contributed by atoms with van der Waals surface area (Å²) in [6, 6.07) is 11.9. The number of ether oxygens (including phenoxy) is 1. The van der Waals surface area contributed by atoms with Crippen LogP contribution in [0.1, 0.15) is 5.69 Å². The molecule has 0 saturated heterocycles. The first-order chi connectivity index (χ1) is 12.0. The fourth-order valence-corrected chi connectivity index (χ4v) is 4.62. The lowest BCUT2D eigenvalue weighted by Gasteiger charge is -2.09. The third-order valence-electron chi connectivity index (χ3n) is 3.27. The van der Waals surface area contributed by atoms with E-state index in [2.05, 4.69) is 14.7 Å². The average Bonchev–Trinajstić information content (AvgIpc) is 3.08. The van der Waals surface area contributed by atoms with E-state index in [1.807, 2.05) is 18.2 Å². The zero-order chi connectivity index (χ0) is 17.9. The lowest BCUT2D eigenvalue weighted by molar-refractivity contribution is 0.413. The predicted octanol–water partition coefficient (Wildman–Crippen LogP) is 3.35. The molecule has 0 atom stereocenters. The molecule has 6 nitrogen and oxygen atoms in total. The Labute approximate surface area is 154 Å². The first kappa shape index (κ1) is 17.8. The van der Waals surface area contributed by atoms with Gasteiger partial charge >= 0.3 is 0 Å². The highest BCUT2D eigenvalue weighted by atomic mass is 35.5. The zero-order valence-corrected chi connectivity index (χ0v) is 15.5. The van der Waals surface area contributed by atoms with Crippen LogP contribution < -0.4 is 9.46 Å². The Morgan fingerprint density at radius 2 is 2.04 bits per heavy atom. The van der Waals surface area contributed by atoms with Crippen LogP contribution in [0.5, 0.6) is 5.75 Å². The van der Waals surface area contributed by atoms with Gasteiger partial charge in [-0.1, -0.05) is 17.7 Å².